The molecule has 11 nitrogen and oxygen atoms in total. The number of likely N-dealkylation sites (tertiary alicyclic amines) is 1. The van der Waals surface area contributed by atoms with Gasteiger partial charge in [0.1, 0.15) is 29.8 Å². The van der Waals surface area contributed by atoms with Gasteiger partial charge in [0.2, 0.25) is 17.7 Å². The molecule has 262 valence electrons. The molecule has 2 saturated heterocycles. The minimum atomic E-state index is -1.45. The lowest BCUT2D eigenvalue weighted by Crippen LogP contribution is -2.58. The Morgan fingerprint density at radius 2 is 1.85 bits per heavy atom. The maximum absolute atomic E-state index is 14.8. The number of methoxy groups -OCH3 is 1. The Balaban J connectivity index is 1.64. The van der Waals surface area contributed by atoms with Gasteiger partial charge in [0.25, 0.3) is 0 Å². The Labute approximate surface area is 291 Å². The number of esters is 1. The van der Waals surface area contributed by atoms with E-state index in [0.29, 0.717) is 29.4 Å². The number of fused-ring (bicyclic) bond motifs is 2. The van der Waals surface area contributed by atoms with Crippen LogP contribution in [-0.4, -0.2) is 102 Å². The highest BCUT2D eigenvalue weighted by Gasteiger charge is 2.75. The van der Waals surface area contributed by atoms with Gasteiger partial charge in [0.05, 0.1) is 31.2 Å². The first kappa shape index (κ1) is 36.2. The van der Waals surface area contributed by atoms with E-state index in [0.717, 1.165) is 12.8 Å². The fourth-order valence-corrected chi connectivity index (χ4v) is 8.39. The smallest absolute Gasteiger partial charge is 0.313 e. The second kappa shape index (κ2) is 15.7. The molecule has 0 aliphatic carbocycles. The van der Waals surface area contributed by atoms with Crippen LogP contribution < -0.4 is 5.32 Å². The Hall–Kier alpha value is -3.06. The highest BCUT2D eigenvalue weighted by atomic mass is 79.9. The molecule has 8 atom stereocenters. The Morgan fingerprint density at radius 3 is 2.52 bits per heavy atom. The number of cyclic esters (lactones) is 1. The van der Waals surface area contributed by atoms with Crippen LogP contribution in [0.5, 0.6) is 0 Å². The van der Waals surface area contributed by atoms with Gasteiger partial charge in [-0.25, -0.2) is 0 Å². The molecule has 0 unspecified atom stereocenters. The van der Waals surface area contributed by atoms with E-state index in [4.69, 9.17) is 14.2 Å². The van der Waals surface area contributed by atoms with Crippen molar-refractivity contribution in [1.29, 1.82) is 0 Å². The van der Waals surface area contributed by atoms with Crippen molar-refractivity contribution < 1.29 is 38.5 Å². The molecular weight excluding hydrogens is 682 g/mol. The molecular formula is C36H48BrN3O8. The monoisotopic (exact) mass is 729 g/mol. The van der Waals surface area contributed by atoms with Crippen LogP contribution in [0.2, 0.25) is 0 Å². The van der Waals surface area contributed by atoms with Gasteiger partial charge in [-0.1, -0.05) is 85.6 Å². The van der Waals surface area contributed by atoms with Crippen molar-refractivity contribution in [3.63, 3.8) is 0 Å². The van der Waals surface area contributed by atoms with Crippen molar-refractivity contribution in [3.05, 3.63) is 58.6 Å². The number of aliphatic hydroxyl groups excluding tert-OH is 1. The number of hydrogen-bond donors (Lipinski definition) is 2. The second-order valence-corrected chi connectivity index (χ2v) is 14.5. The van der Waals surface area contributed by atoms with Crippen molar-refractivity contribution in [3.8, 4) is 0 Å². The molecule has 1 spiro atoms. The first-order chi connectivity index (χ1) is 23.1. The summed E-state index contributed by atoms with van der Waals surface area (Å²) in [6.07, 6.45) is 6.42. The van der Waals surface area contributed by atoms with Gasteiger partial charge >= 0.3 is 5.97 Å². The van der Waals surface area contributed by atoms with Crippen LogP contribution in [0.4, 0.5) is 0 Å². The van der Waals surface area contributed by atoms with Crippen LogP contribution in [0.25, 0.3) is 0 Å². The lowest BCUT2D eigenvalue weighted by molar-refractivity contribution is -0.163. The number of rotatable bonds is 10. The maximum Gasteiger partial charge on any atom is 0.313 e. The zero-order chi connectivity index (χ0) is 34.6. The maximum atomic E-state index is 14.8. The molecule has 3 amide bonds. The van der Waals surface area contributed by atoms with E-state index in [-0.39, 0.29) is 43.9 Å². The van der Waals surface area contributed by atoms with E-state index in [1.807, 2.05) is 63.3 Å². The number of aliphatic hydroxyl groups is 1. The third kappa shape index (κ3) is 6.99. The van der Waals surface area contributed by atoms with E-state index in [1.54, 1.807) is 11.0 Å². The molecule has 2 N–H and O–H groups in total. The van der Waals surface area contributed by atoms with Crippen molar-refractivity contribution >= 4 is 39.6 Å². The number of ether oxygens (including phenoxy) is 3. The minimum Gasteiger partial charge on any atom is -0.455 e. The Morgan fingerprint density at radius 1 is 1.10 bits per heavy atom. The quantitative estimate of drug-likeness (QED) is 0.276. The Bertz CT molecular complexity index is 1400. The van der Waals surface area contributed by atoms with Gasteiger partial charge in [0, 0.05) is 31.1 Å². The van der Waals surface area contributed by atoms with Gasteiger partial charge in [-0.15, -0.1) is 0 Å². The number of amides is 3. The molecule has 0 saturated carbocycles. The molecule has 2 fully saturated rings. The van der Waals surface area contributed by atoms with Gasteiger partial charge in [0.15, 0.2) is 0 Å². The SMILES string of the molecule is CCCCN1C/C=C\CCC(=O)N[C@H](COC)[C@@H](c2ccccc2)OC(=O)[C@@H]2[C@H]3O[C@@]4(C=C3Br)[C@H](C1=O)N([C@@H](CO)CC(C)C)C(=O)[C@@H]24. The molecule has 48 heavy (non-hydrogen) atoms. The van der Waals surface area contributed by atoms with E-state index >= 15 is 0 Å². The number of unbranched alkanes of at least 4 members (excludes halogenated alkanes) is 1. The molecule has 0 aromatic heterocycles. The largest absolute Gasteiger partial charge is 0.455 e. The summed E-state index contributed by atoms with van der Waals surface area (Å²) in [6, 6.07) is 6.62. The zero-order valence-corrected chi connectivity index (χ0v) is 29.8. The van der Waals surface area contributed by atoms with Crippen LogP contribution in [0, 0.1) is 17.8 Å². The second-order valence-electron chi connectivity index (χ2n) is 13.6. The summed E-state index contributed by atoms with van der Waals surface area (Å²) >= 11 is 3.61. The first-order valence-electron chi connectivity index (χ1n) is 17.0. The van der Waals surface area contributed by atoms with E-state index in [9.17, 15) is 24.3 Å². The zero-order valence-electron chi connectivity index (χ0n) is 28.2. The summed E-state index contributed by atoms with van der Waals surface area (Å²) < 4.78 is 19.0. The molecule has 4 heterocycles. The summed E-state index contributed by atoms with van der Waals surface area (Å²) in [7, 11) is 1.51. The Kier molecular flexibility index (Phi) is 11.8. The van der Waals surface area contributed by atoms with Gasteiger partial charge in [-0.05, 0) is 36.8 Å². The molecule has 4 aliphatic heterocycles. The van der Waals surface area contributed by atoms with Gasteiger partial charge < -0.3 is 34.4 Å². The van der Waals surface area contributed by atoms with Crippen molar-refractivity contribution in [2.75, 3.05) is 33.4 Å². The standard InChI is InChI=1S/C36H48BrN3O8/c1-5-6-16-39-17-12-8-11-15-27(42)38-26(21-46-4)30(23-13-9-7-10-14-23)47-35(45)28-29-33(43)40(24(20-41)18-22(2)3)32(34(39)44)36(29)19-25(37)31(28)48-36/h7-10,12-14,19,22,24,26,28-32,41H,5-6,11,15-18,20-21H2,1-4H3,(H,38,42)/b12-8-/t24-,26-,28+,29-,30-,31+,32+,36-/m1/s1. The normalized spacial score (nSPS) is 32.3. The summed E-state index contributed by atoms with van der Waals surface area (Å²) in [5.41, 5.74) is -0.799. The molecule has 0 radical (unpaired) electrons. The summed E-state index contributed by atoms with van der Waals surface area (Å²) in [6.45, 7) is 6.49. The minimum absolute atomic E-state index is 0.0685. The number of benzene rings is 1. The van der Waals surface area contributed by atoms with Crippen LogP contribution in [0.15, 0.2) is 53.0 Å². The van der Waals surface area contributed by atoms with E-state index in [2.05, 4.69) is 21.2 Å². The molecule has 5 bridgehead atoms. The topological polar surface area (TPSA) is 135 Å². The lowest BCUT2D eigenvalue weighted by Gasteiger charge is -2.39. The number of carbonyl (C=O) groups is 4. The average Bonchev–Trinajstić information content (AvgIpc) is 3.66. The van der Waals surface area contributed by atoms with Crippen LogP contribution >= 0.6 is 15.9 Å². The number of allylic oxidation sites excluding steroid dienone is 1. The predicted molar refractivity (Wildman–Crippen MR) is 182 cm³/mol. The van der Waals surface area contributed by atoms with Gasteiger partial charge in [-0.3, -0.25) is 19.2 Å². The molecule has 4 aliphatic rings. The lowest BCUT2D eigenvalue weighted by atomic mass is 9.74. The highest BCUT2D eigenvalue weighted by molar-refractivity contribution is 9.11. The number of nitrogens with one attached hydrogen (secondary N) is 1. The third-order valence-electron chi connectivity index (χ3n) is 9.77. The summed E-state index contributed by atoms with van der Waals surface area (Å²) in [5, 5.41) is 13.6. The van der Waals surface area contributed by atoms with Crippen LogP contribution in [0.1, 0.15) is 64.5 Å². The van der Waals surface area contributed by atoms with E-state index < -0.39 is 59.6 Å². The molecule has 1 aromatic rings. The number of carbonyl (C=O) groups excluding carboxylic acids is 4. The fourth-order valence-electron chi connectivity index (χ4n) is 7.66. The first-order valence-corrected chi connectivity index (χ1v) is 17.8. The van der Waals surface area contributed by atoms with Crippen molar-refractivity contribution in [1.82, 2.24) is 15.1 Å². The summed E-state index contributed by atoms with van der Waals surface area (Å²) in [4.78, 5) is 60.3. The number of nitrogens with zero attached hydrogens (tertiary/aromatic N) is 2. The summed E-state index contributed by atoms with van der Waals surface area (Å²) in [5.74, 6) is -3.66. The van der Waals surface area contributed by atoms with Crippen molar-refractivity contribution in [2.24, 2.45) is 17.8 Å². The van der Waals surface area contributed by atoms with Crippen molar-refractivity contribution in [2.45, 2.75) is 88.8 Å². The number of hydrogen-bond acceptors (Lipinski definition) is 8. The molecule has 5 rings (SSSR count). The predicted octanol–water partition coefficient (Wildman–Crippen LogP) is 3.66. The van der Waals surface area contributed by atoms with E-state index in [1.165, 1.54) is 12.0 Å². The molecule has 12 heteroatoms. The average molecular weight is 731 g/mol. The van der Waals surface area contributed by atoms with Gasteiger partial charge in [-0.2, -0.15) is 0 Å². The fraction of sp³-hybridized carbons (Fsp3) is 0.611. The van der Waals surface area contributed by atoms with Crippen LogP contribution in [0.3, 0.4) is 0 Å². The molecule has 1 aromatic carbocycles. The third-order valence-corrected chi connectivity index (χ3v) is 10.5. The highest BCUT2D eigenvalue weighted by Crippen LogP contribution is 2.59. The van der Waals surface area contributed by atoms with Crippen LogP contribution in [-0.2, 0) is 33.4 Å². The number of halogens is 1.